The summed E-state index contributed by atoms with van der Waals surface area (Å²) in [4.78, 5) is 12.2. The predicted octanol–water partition coefficient (Wildman–Crippen LogP) is 3.24. The van der Waals surface area contributed by atoms with Crippen molar-refractivity contribution in [1.29, 1.82) is 0 Å². The molecule has 2 N–H and O–H groups in total. The van der Waals surface area contributed by atoms with E-state index >= 15 is 0 Å². The Hall–Kier alpha value is -0.790. The van der Waals surface area contributed by atoms with Crippen molar-refractivity contribution in [2.24, 2.45) is 11.8 Å². The molecule has 1 heterocycles. The van der Waals surface area contributed by atoms with E-state index in [9.17, 15) is 15.0 Å². The SMILES string of the molecule is C=C(C)[C@H](C)CC(=O)C[C@H](O)[C@H](O)[C@@H](OC(C)C)[C@H](C)C[C@@H]1COC(C)(C)O1. The molecule has 0 aromatic carbocycles. The van der Waals surface area contributed by atoms with Crippen molar-refractivity contribution < 1.29 is 29.2 Å². The number of Topliss-reactive ketones (excluding diaryl/α,β-unsaturated/α-hetero) is 1. The molecule has 0 aromatic rings. The van der Waals surface area contributed by atoms with Crippen molar-refractivity contribution in [3.05, 3.63) is 12.2 Å². The Morgan fingerprint density at radius 1 is 1.21 bits per heavy atom. The van der Waals surface area contributed by atoms with Crippen LogP contribution in [0.1, 0.15) is 67.7 Å². The fraction of sp³-hybridized carbons (Fsp3) is 0.864. The largest absolute Gasteiger partial charge is 0.390 e. The number of carbonyl (C=O) groups excluding carboxylic acids is 1. The van der Waals surface area contributed by atoms with E-state index in [4.69, 9.17) is 14.2 Å². The molecule has 164 valence electrons. The van der Waals surface area contributed by atoms with Crippen molar-refractivity contribution in [2.45, 2.75) is 104 Å². The predicted molar refractivity (Wildman–Crippen MR) is 109 cm³/mol. The first-order valence-electron chi connectivity index (χ1n) is 10.3. The maximum absolute atomic E-state index is 12.2. The molecule has 1 aliphatic heterocycles. The molecule has 1 aliphatic rings. The van der Waals surface area contributed by atoms with Crippen molar-refractivity contribution in [2.75, 3.05) is 6.61 Å². The molecular weight excluding hydrogens is 360 g/mol. The Balaban J connectivity index is 2.70. The van der Waals surface area contributed by atoms with E-state index < -0.39 is 24.1 Å². The summed E-state index contributed by atoms with van der Waals surface area (Å²) in [6.07, 6.45) is -2.30. The van der Waals surface area contributed by atoms with Crippen LogP contribution < -0.4 is 0 Å². The van der Waals surface area contributed by atoms with Gasteiger partial charge in [-0.15, -0.1) is 0 Å². The van der Waals surface area contributed by atoms with Crippen LogP contribution in [0.2, 0.25) is 0 Å². The molecule has 0 aliphatic carbocycles. The lowest BCUT2D eigenvalue weighted by molar-refractivity contribution is -0.153. The highest BCUT2D eigenvalue weighted by Crippen LogP contribution is 2.29. The van der Waals surface area contributed by atoms with E-state index in [1.54, 1.807) is 0 Å². The maximum atomic E-state index is 12.2. The Kier molecular flexibility index (Phi) is 9.77. The summed E-state index contributed by atoms with van der Waals surface area (Å²) in [7, 11) is 0. The second kappa shape index (κ2) is 10.8. The normalized spacial score (nSPS) is 24.6. The molecule has 0 saturated carbocycles. The Labute approximate surface area is 170 Å². The molecule has 0 amide bonds. The van der Waals surface area contributed by atoms with Gasteiger partial charge in [0.25, 0.3) is 0 Å². The van der Waals surface area contributed by atoms with Gasteiger partial charge in [0.2, 0.25) is 0 Å². The van der Waals surface area contributed by atoms with Gasteiger partial charge in [-0.25, -0.2) is 0 Å². The van der Waals surface area contributed by atoms with Crippen LogP contribution in [-0.4, -0.2) is 58.9 Å². The van der Waals surface area contributed by atoms with E-state index in [1.807, 2.05) is 48.5 Å². The number of hydrogen-bond donors (Lipinski definition) is 2. The van der Waals surface area contributed by atoms with Gasteiger partial charge in [0.15, 0.2) is 5.79 Å². The van der Waals surface area contributed by atoms with Crippen LogP contribution in [0.15, 0.2) is 12.2 Å². The third kappa shape index (κ3) is 8.29. The average molecular weight is 401 g/mol. The van der Waals surface area contributed by atoms with E-state index in [2.05, 4.69) is 6.58 Å². The zero-order valence-electron chi connectivity index (χ0n) is 18.6. The van der Waals surface area contributed by atoms with E-state index in [1.165, 1.54) is 0 Å². The van der Waals surface area contributed by atoms with Gasteiger partial charge in [-0.3, -0.25) is 4.79 Å². The monoisotopic (exact) mass is 400 g/mol. The summed E-state index contributed by atoms with van der Waals surface area (Å²) in [5, 5.41) is 21.2. The van der Waals surface area contributed by atoms with Gasteiger partial charge >= 0.3 is 0 Å². The Morgan fingerprint density at radius 2 is 1.82 bits per heavy atom. The smallest absolute Gasteiger partial charge is 0.163 e. The molecule has 28 heavy (non-hydrogen) atoms. The minimum atomic E-state index is -1.17. The third-order valence-corrected chi connectivity index (χ3v) is 5.23. The van der Waals surface area contributed by atoms with Crippen LogP contribution in [0.3, 0.4) is 0 Å². The topological polar surface area (TPSA) is 85.2 Å². The molecule has 6 atom stereocenters. The Morgan fingerprint density at radius 3 is 2.29 bits per heavy atom. The van der Waals surface area contributed by atoms with E-state index in [0.29, 0.717) is 19.4 Å². The van der Waals surface area contributed by atoms with Gasteiger partial charge in [-0.05, 0) is 52.9 Å². The highest BCUT2D eigenvalue weighted by atomic mass is 16.7. The van der Waals surface area contributed by atoms with E-state index in [-0.39, 0.29) is 36.2 Å². The summed E-state index contributed by atoms with van der Waals surface area (Å²) >= 11 is 0. The molecule has 6 nitrogen and oxygen atoms in total. The van der Waals surface area contributed by atoms with Crippen molar-refractivity contribution in [1.82, 2.24) is 0 Å². The summed E-state index contributed by atoms with van der Waals surface area (Å²) in [6, 6.07) is 0. The molecule has 0 radical (unpaired) electrons. The third-order valence-electron chi connectivity index (χ3n) is 5.23. The number of rotatable bonds is 12. The lowest BCUT2D eigenvalue weighted by atomic mass is 9.88. The number of aliphatic hydroxyl groups is 2. The number of aliphatic hydroxyl groups excluding tert-OH is 2. The minimum Gasteiger partial charge on any atom is -0.390 e. The second-order valence-corrected chi connectivity index (χ2v) is 9.07. The molecule has 0 bridgehead atoms. The maximum Gasteiger partial charge on any atom is 0.163 e. The fourth-order valence-corrected chi connectivity index (χ4v) is 3.47. The molecule has 1 rings (SSSR count). The highest BCUT2D eigenvalue weighted by molar-refractivity contribution is 5.79. The summed E-state index contributed by atoms with van der Waals surface area (Å²) in [6.45, 7) is 17.6. The standard InChI is InChI=1S/C22H40O6/c1-13(2)15(5)9-17(23)11-19(24)20(25)21(27-14(3)4)16(6)10-18-12-26-22(7,8)28-18/h14-16,18-21,24-25H,1,9-12H2,2-8H3/t15-,16-,18-,19+,20+,21+/m1/s1. The number of carbonyl (C=O) groups is 1. The van der Waals surface area contributed by atoms with Crippen LogP contribution in [0, 0.1) is 11.8 Å². The fourth-order valence-electron chi connectivity index (χ4n) is 3.47. The zero-order valence-corrected chi connectivity index (χ0v) is 18.6. The quantitative estimate of drug-likeness (QED) is 0.489. The Bertz CT molecular complexity index is 515. The van der Waals surface area contributed by atoms with Crippen molar-refractivity contribution in [3.63, 3.8) is 0 Å². The number of ether oxygens (including phenoxy) is 3. The minimum absolute atomic E-state index is 0.0568. The van der Waals surface area contributed by atoms with Crippen LogP contribution >= 0.6 is 0 Å². The molecule has 1 fully saturated rings. The summed E-state index contributed by atoms with van der Waals surface area (Å²) < 4.78 is 17.4. The summed E-state index contributed by atoms with van der Waals surface area (Å²) in [5.41, 5.74) is 0.930. The van der Waals surface area contributed by atoms with Crippen LogP contribution in [0.25, 0.3) is 0 Å². The van der Waals surface area contributed by atoms with Gasteiger partial charge in [0.05, 0.1) is 31.0 Å². The first-order valence-corrected chi connectivity index (χ1v) is 10.3. The van der Waals surface area contributed by atoms with Crippen molar-refractivity contribution in [3.8, 4) is 0 Å². The van der Waals surface area contributed by atoms with Gasteiger partial charge in [-0.1, -0.05) is 26.0 Å². The van der Waals surface area contributed by atoms with Crippen molar-refractivity contribution >= 4 is 5.78 Å². The molecule has 0 spiro atoms. The average Bonchev–Trinajstić information content (AvgIpc) is 2.89. The number of allylic oxidation sites excluding steroid dienone is 1. The second-order valence-electron chi connectivity index (χ2n) is 9.07. The van der Waals surface area contributed by atoms with Crippen LogP contribution in [0.4, 0.5) is 0 Å². The summed E-state index contributed by atoms with van der Waals surface area (Å²) in [5.74, 6) is -0.726. The van der Waals surface area contributed by atoms with Crippen LogP contribution in [0.5, 0.6) is 0 Å². The zero-order chi connectivity index (χ0) is 21.6. The molecule has 0 unspecified atom stereocenters. The van der Waals surface area contributed by atoms with Gasteiger partial charge in [0, 0.05) is 12.8 Å². The van der Waals surface area contributed by atoms with Gasteiger partial charge < -0.3 is 24.4 Å². The number of ketones is 1. The van der Waals surface area contributed by atoms with E-state index in [0.717, 1.165) is 5.57 Å². The molecule has 1 saturated heterocycles. The first-order chi connectivity index (χ1) is 12.8. The lowest BCUT2D eigenvalue weighted by Crippen LogP contribution is -2.45. The van der Waals surface area contributed by atoms with Crippen LogP contribution in [-0.2, 0) is 19.0 Å². The van der Waals surface area contributed by atoms with Gasteiger partial charge in [0.1, 0.15) is 11.9 Å². The highest BCUT2D eigenvalue weighted by Gasteiger charge is 2.38. The lowest BCUT2D eigenvalue weighted by Gasteiger charge is -2.33. The first kappa shape index (κ1) is 25.2. The number of hydrogen-bond acceptors (Lipinski definition) is 6. The molecule has 0 aromatic heterocycles. The molecular formula is C22H40O6. The molecule has 6 heteroatoms. The van der Waals surface area contributed by atoms with Gasteiger partial charge in [-0.2, -0.15) is 0 Å².